The first-order chi connectivity index (χ1) is 13.1. The highest BCUT2D eigenvalue weighted by atomic mass is 19.2. The zero-order valence-electron chi connectivity index (χ0n) is 14.5. The van der Waals surface area contributed by atoms with Crippen LogP contribution in [0.3, 0.4) is 0 Å². The topological polar surface area (TPSA) is 67.2 Å². The number of carbonyl (C=O) groups excluding carboxylic acids is 1. The molecule has 27 heavy (non-hydrogen) atoms. The van der Waals surface area contributed by atoms with Crippen molar-refractivity contribution in [1.29, 1.82) is 0 Å². The predicted octanol–water partition coefficient (Wildman–Crippen LogP) is 2.91. The van der Waals surface area contributed by atoms with Crippen molar-refractivity contribution < 1.29 is 18.1 Å². The third-order valence-corrected chi connectivity index (χ3v) is 4.98. The summed E-state index contributed by atoms with van der Waals surface area (Å²) in [6.07, 6.45) is 0.820. The van der Waals surface area contributed by atoms with Crippen LogP contribution in [0.4, 0.5) is 8.78 Å². The number of fused-ring (bicyclic) bond motifs is 1. The molecule has 1 aliphatic rings. The van der Waals surface area contributed by atoms with Crippen LogP contribution in [0, 0.1) is 11.6 Å². The van der Waals surface area contributed by atoms with Gasteiger partial charge in [0.2, 0.25) is 5.91 Å². The van der Waals surface area contributed by atoms with Crippen molar-refractivity contribution in [3.8, 4) is 0 Å². The molecule has 3 aromatic rings. The Hall–Kier alpha value is -2.80. The van der Waals surface area contributed by atoms with E-state index in [2.05, 4.69) is 15.8 Å². The van der Waals surface area contributed by atoms with Crippen molar-refractivity contribution in [2.75, 3.05) is 13.1 Å². The number of nitrogens with zero attached hydrogens (tertiary/aromatic N) is 1. The van der Waals surface area contributed by atoms with Crippen LogP contribution in [0.15, 0.2) is 47.0 Å². The summed E-state index contributed by atoms with van der Waals surface area (Å²) < 4.78 is 32.1. The molecular weight excluding hydrogens is 352 g/mol. The van der Waals surface area contributed by atoms with Crippen molar-refractivity contribution in [3.63, 3.8) is 0 Å². The van der Waals surface area contributed by atoms with Crippen LogP contribution in [-0.2, 0) is 11.2 Å². The van der Waals surface area contributed by atoms with Crippen LogP contribution >= 0.6 is 0 Å². The highest BCUT2D eigenvalue weighted by Crippen LogP contribution is 2.27. The van der Waals surface area contributed by atoms with E-state index < -0.39 is 11.6 Å². The van der Waals surface area contributed by atoms with Gasteiger partial charge in [0.05, 0.1) is 6.42 Å². The number of halogens is 2. The van der Waals surface area contributed by atoms with E-state index >= 15 is 0 Å². The number of nitrogens with one attached hydrogen (secondary N) is 2. The molecule has 0 bridgehead atoms. The Kier molecular flexibility index (Phi) is 4.85. The first-order valence-electron chi connectivity index (χ1n) is 8.90. The van der Waals surface area contributed by atoms with Gasteiger partial charge in [0.15, 0.2) is 17.2 Å². The van der Waals surface area contributed by atoms with E-state index in [0.29, 0.717) is 23.4 Å². The molecule has 2 atom stereocenters. The van der Waals surface area contributed by atoms with Crippen molar-refractivity contribution >= 4 is 16.9 Å². The molecule has 1 aliphatic heterocycles. The molecule has 1 aromatic heterocycles. The summed E-state index contributed by atoms with van der Waals surface area (Å²) in [5.41, 5.74) is 1.91. The average Bonchev–Trinajstić information content (AvgIpc) is 3.07. The van der Waals surface area contributed by atoms with Crippen molar-refractivity contribution in [2.45, 2.75) is 24.8 Å². The van der Waals surface area contributed by atoms with Gasteiger partial charge in [-0.3, -0.25) is 4.79 Å². The summed E-state index contributed by atoms with van der Waals surface area (Å²) >= 11 is 0. The van der Waals surface area contributed by atoms with Crippen LogP contribution in [0.1, 0.15) is 23.6 Å². The van der Waals surface area contributed by atoms with Crippen molar-refractivity contribution in [3.05, 3.63) is 65.4 Å². The summed E-state index contributed by atoms with van der Waals surface area (Å²) in [6, 6.07) is 11.1. The fourth-order valence-corrected chi connectivity index (χ4v) is 3.63. The number of piperidine rings is 1. The number of rotatable bonds is 4. The molecule has 0 aliphatic carbocycles. The van der Waals surface area contributed by atoms with Gasteiger partial charge in [-0.05, 0) is 42.8 Å². The first-order valence-corrected chi connectivity index (χ1v) is 8.90. The lowest BCUT2D eigenvalue weighted by Gasteiger charge is -2.33. The number of aromatic nitrogens is 1. The van der Waals surface area contributed by atoms with Crippen LogP contribution in [0.25, 0.3) is 11.0 Å². The zero-order chi connectivity index (χ0) is 18.8. The third kappa shape index (κ3) is 3.68. The van der Waals surface area contributed by atoms with Crippen LogP contribution in [-0.4, -0.2) is 30.2 Å². The van der Waals surface area contributed by atoms with Crippen molar-refractivity contribution in [2.24, 2.45) is 0 Å². The average molecular weight is 371 g/mol. The van der Waals surface area contributed by atoms with Crippen molar-refractivity contribution in [1.82, 2.24) is 15.8 Å². The van der Waals surface area contributed by atoms with E-state index in [9.17, 15) is 13.6 Å². The van der Waals surface area contributed by atoms with Gasteiger partial charge in [0, 0.05) is 23.9 Å². The molecule has 5 nitrogen and oxygen atoms in total. The second kappa shape index (κ2) is 7.44. The summed E-state index contributed by atoms with van der Waals surface area (Å²) in [7, 11) is 0. The third-order valence-electron chi connectivity index (χ3n) is 4.98. The summed E-state index contributed by atoms with van der Waals surface area (Å²) in [6.45, 7) is 1.32. The molecule has 7 heteroatoms. The number of hydrogen-bond donors (Lipinski definition) is 2. The SMILES string of the molecule is O=C(Cc1noc2ccccc12)NC1CNCCC1c1ccc(F)c(F)c1. The van der Waals surface area contributed by atoms with Gasteiger partial charge < -0.3 is 15.2 Å². The van der Waals surface area contributed by atoms with Gasteiger partial charge in [0.25, 0.3) is 0 Å². The molecule has 0 spiro atoms. The lowest BCUT2D eigenvalue weighted by molar-refractivity contribution is -0.121. The molecule has 2 unspecified atom stereocenters. The second-order valence-corrected chi connectivity index (χ2v) is 6.75. The fraction of sp³-hybridized carbons (Fsp3) is 0.300. The number of carbonyl (C=O) groups is 1. The molecule has 2 N–H and O–H groups in total. The lowest BCUT2D eigenvalue weighted by Crippen LogP contribution is -2.50. The maximum absolute atomic E-state index is 13.6. The molecule has 1 amide bonds. The van der Waals surface area contributed by atoms with Crippen LogP contribution in [0.2, 0.25) is 0 Å². The van der Waals surface area contributed by atoms with E-state index in [1.165, 1.54) is 6.07 Å². The van der Waals surface area contributed by atoms with Gasteiger partial charge in [-0.1, -0.05) is 23.4 Å². The van der Waals surface area contributed by atoms with E-state index in [0.717, 1.165) is 24.4 Å². The molecular formula is C20H19F2N3O2. The van der Waals surface area contributed by atoms with E-state index in [4.69, 9.17) is 4.52 Å². The van der Waals surface area contributed by atoms with Crippen LogP contribution < -0.4 is 10.6 Å². The van der Waals surface area contributed by atoms with E-state index in [1.54, 1.807) is 12.1 Å². The minimum atomic E-state index is -0.870. The number of para-hydroxylation sites is 1. The Morgan fingerprint density at radius 2 is 2.07 bits per heavy atom. The molecule has 140 valence electrons. The Morgan fingerprint density at radius 1 is 1.22 bits per heavy atom. The number of benzene rings is 2. The predicted molar refractivity (Wildman–Crippen MR) is 96.2 cm³/mol. The van der Waals surface area contributed by atoms with Gasteiger partial charge in [-0.2, -0.15) is 0 Å². The molecule has 1 fully saturated rings. The Balaban J connectivity index is 1.49. The van der Waals surface area contributed by atoms with Crippen LogP contribution in [0.5, 0.6) is 0 Å². The van der Waals surface area contributed by atoms with Gasteiger partial charge in [-0.15, -0.1) is 0 Å². The quantitative estimate of drug-likeness (QED) is 0.740. The maximum atomic E-state index is 13.6. The minimum absolute atomic E-state index is 0.0839. The monoisotopic (exact) mass is 371 g/mol. The largest absolute Gasteiger partial charge is 0.356 e. The zero-order valence-corrected chi connectivity index (χ0v) is 14.5. The summed E-state index contributed by atoms with van der Waals surface area (Å²) in [4.78, 5) is 12.6. The molecule has 2 aromatic carbocycles. The minimum Gasteiger partial charge on any atom is -0.356 e. The Bertz CT molecular complexity index is 973. The standard InChI is InChI=1S/C20H19F2N3O2/c21-15-6-5-12(9-16(15)22)13-7-8-23-11-18(13)24-20(26)10-17-14-3-1-2-4-19(14)27-25-17/h1-6,9,13,18,23H,7-8,10-11H2,(H,24,26). The molecule has 2 heterocycles. The Morgan fingerprint density at radius 3 is 2.93 bits per heavy atom. The smallest absolute Gasteiger partial charge is 0.226 e. The Labute approximate surface area is 154 Å². The number of amides is 1. The summed E-state index contributed by atoms with van der Waals surface area (Å²) in [5.74, 6) is -2.01. The molecule has 1 saturated heterocycles. The molecule has 0 radical (unpaired) electrons. The fourth-order valence-electron chi connectivity index (χ4n) is 3.63. The molecule has 4 rings (SSSR count). The van der Waals surface area contributed by atoms with Gasteiger partial charge >= 0.3 is 0 Å². The normalized spacial score (nSPS) is 19.9. The molecule has 0 saturated carbocycles. The maximum Gasteiger partial charge on any atom is 0.226 e. The van der Waals surface area contributed by atoms with E-state index in [1.807, 2.05) is 18.2 Å². The second-order valence-electron chi connectivity index (χ2n) is 6.75. The van der Waals surface area contributed by atoms with E-state index in [-0.39, 0.29) is 24.3 Å². The van der Waals surface area contributed by atoms with Gasteiger partial charge in [0.1, 0.15) is 5.69 Å². The first kappa shape index (κ1) is 17.6. The number of hydrogen-bond acceptors (Lipinski definition) is 4. The lowest BCUT2D eigenvalue weighted by atomic mass is 9.86. The summed E-state index contributed by atoms with van der Waals surface area (Å²) in [5, 5.41) is 11.0. The highest BCUT2D eigenvalue weighted by Gasteiger charge is 2.28. The highest BCUT2D eigenvalue weighted by molar-refractivity contribution is 5.86. The van der Waals surface area contributed by atoms with Gasteiger partial charge in [-0.25, -0.2) is 8.78 Å².